The largest absolute Gasteiger partial charge is 0.467 e. The Morgan fingerprint density at radius 3 is 2.52 bits per heavy atom. The second-order valence-electron chi connectivity index (χ2n) is 8.85. The second-order valence-corrected chi connectivity index (χ2v) is 8.85. The summed E-state index contributed by atoms with van der Waals surface area (Å²) in [7, 11) is 0. The van der Waals surface area contributed by atoms with Gasteiger partial charge in [0.05, 0.1) is 5.56 Å². The summed E-state index contributed by atoms with van der Waals surface area (Å²) in [4.78, 5) is 41.2. The van der Waals surface area contributed by atoms with E-state index in [2.05, 4.69) is 5.32 Å². The van der Waals surface area contributed by atoms with E-state index in [-0.39, 0.29) is 35.5 Å². The molecule has 3 saturated carbocycles. The normalized spacial score (nSPS) is 33.1. The average molecular weight is 397 g/mol. The van der Waals surface area contributed by atoms with E-state index in [1.165, 1.54) is 0 Å². The van der Waals surface area contributed by atoms with Crippen LogP contribution in [0.2, 0.25) is 0 Å². The smallest absolute Gasteiger partial charge is 0.258 e. The number of carbonyl (C=O) groups is 3. The molecule has 1 aromatic rings. The van der Waals surface area contributed by atoms with E-state index >= 15 is 0 Å². The molecule has 7 heteroatoms. The number of hydrogen-bond donors (Lipinski definition) is 1. The lowest BCUT2D eigenvalue weighted by Gasteiger charge is -2.55. The van der Waals surface area contributed by atoms with Crippen LogP contribution in [0.5, 0.6) is 5.75 Å². The number of nitrogens with zero attached hydrogens (tertiary/aromatic N) is 2. The van der Waals surface area contributed by atoms with Crippen molar-refractivity contribution in [1.29, 1.82) is 0 Å². The highest BCUT2D eigenvalue weighted by atomic mass is 16.5. The molecule has 1 aromatic carbocycles. The van der Waals surface area contributed by atoms with Crippen LogP contribution in [-0.4, -0.2) is 59.4 Å². The summed E-state index contributed by atoms with van der Waals surface area (Å²) in [6.07, 6.45) is 3.40. The van der Waals surface area contributed by atoms with Crippen LogP contribution in [0.1, 0.15) is 43.0 Å². The molecule has 154 valence electrons. The van der Waals surface area contributed by atoms with E-state index in [0.29, 0.717) is 43.9 Å². The first-order chi connectivity index (χ1) is 14.0. The predicted octanol–water partition coefficient (Wildman–Crippen LogP) is 1.63. The molecule has 1 N–H and O–H groups in total. The number of nitrogens with one attached hydrogen (secondary N) is 1. The molecule has 2 aliphatic heterocycles. The summed E-state index contributed by atoms with van der Waals surface area (Å²) in [5, 5.41) is 3.15. The van der Waals surface area contributed by atoms with E-state index in [1.54, 1.807) is 17.9 Å². The van der Waals surface area contributed by atoms with Crippen molar-refractivity contribution in [1.82, 2.24) is 15.1 Å². The third-order valence-electron chi connectivity index (χ3n) is 7.32. The Morgan fingerprint density at radius 2 is 1.83 bits per heavy atom. The molecule has 2 bridgehead atoms. The van der Waals surface area contributed by atoms with Crippen molar-refractivity contribution in [2.45, 2.75) is 38.3 Å². The molecule has 3 aliphatic carbocycles. The maximum atomic E-state index is 13.2. The SMILES string of the molecule is CC(=O)N1CCN(C(=O)[C@@H]2C[C@H]3CC[C@@H]2C[C@@]32NC(=O)c3ccccc3O2)CC1. The van der Waals surface area contributed by atoms with E-state index in [1.807, 2.05) is 23.1 Å². The van der Waals surface area contributed by atoms with Crippen LogP contribution in [-0.2, 0) is 9.59 Å². The minimum Gasteiger partial charge on any atom is -0.467 e. The Balaban J connectivity index is 1.31. The zero-order chi connectivity index (χ0) is 20.2. The van der Waals surface area contributed by atoms with E-state index in [0.717, 1.165) is 19.3 Å². The van der Waals surface area contributed by atoms with Crippen molar-refractivity contribution >= 4 is 17.7 Å². The Bertz CT molecular complexity index is 863. The Kier molecular flexibility index (Phi) is 4.29. The third kappa shape index (κ3) is 2.98. The zero-order valence-corrected chi connectivity index (χ0v) is 16.7. The van der Waals surface area contributed by atoms with Gasteiger partial charge in [-0.05, 0) is 37.3 Å². The maximum absolute atomic E-state index is 13.2. The number of piperazine rings is 1. The van der Waals surface area contributed by atoms with Gasteiger partial charge in [-0.1, -0.05) is 12.1 Å². The molecule has 6 rings (SSSR count). The number of amides is 3. The standard InChI is InChI=1S/C22H27N3O4/c1-14(26)24-8-10-25(11-9-24)21(28)18-12-16-7-6-15(18)13-22(16)23-20(27)17-4-2-3-5-19(17)29-22/h2-5,15-16,18H,6-13H2,1H3,(H,23,27)/t15-,16-,18-,22+/m1/s1. The molecule has 0 aromatic heterocycles. The first-order valence-electron chi connectivity index (χ1n) is 10.6. The van der Waals surface area contributed by atoms with Crippen LogP contribution in [0.25, 0.3) is 0 Å². The van der Waals surface area contributed by atoms with Gasteiger partial charge in [0.25, 0.3) is 5.91 Å². The topological polar surface area (TPSA) is 79.0 Å². The Hall–Kier alpha value is -2.57. The zero-order valence-electron chi connectivity index (χ0n) is 16.7. The van der Waals surface area contributed by atoms with Crippen molar-refractivity contribution < 1.29 is 19.1 Å². The first kappa shape index (κ1) is 18.5. The predicted molar refractivity (Wildman–Crippen MR) is 105 cm³/mol. The summed E-state index contributed by atoms with van der Waals surface area (Å²) >= 11 is 0. The van der Waals surface area contributed by atoms with Gasteiger partial charge in [0, 0.05) is 51.4 Å². The molecular formula is C22H27N3O4. The van der Waals surface area contributed by atoms with Gasteiger partial charge >= 0.3 is 0 Å². The van der Waals surface area contributed by atoms with Gasteiger partial charge in [0.1, 0.15) is 5.75 Å². The monoisotopic (exact) mass is 397 g/mol. The Morgan fingerprint density at radius 1 is 1.10 bits per heavy atom. The fourth-order valence-corrected chi connectivity index (χ4v) is 5.74. The second kappa shape index (κ2) is 6.75. The fourth-order valence-electron chi connectivity index (χ4n) is 5.74. The van der Waals surface area contributed by atoms with Gasteiger partial charge < -0.3 is 19.9 Å². The van der Waals surface area contributed by atoms with Crippen molar-refractivity contribution in [2.24, 2.45) is 17.8 Å². The van der Waals surface area contributed by atoms with Gasteiger partial charge in [0.2, 0.25) is 11.8 Å². The summed E-state index contributed by atoms with van der Waals surface area (Å²) in [5.41, 5.74) is -0.103. The molecule has 29 heavy (non-hydrogen) atoms. The molecular weight excluding hydrogens is 370 g/mol. The van der Waals surface area contributed by atoms with E-state index < -0.39 is 5.72 Å². The van der Waals surface area contributed by atoms with Gasteiger partial charge in [0.15, 0.2) is 5.72 Å². The van der Waals surface area contributed by atoms with Crippen LogP contribution in [0.4, 0.5) is 0 Å². The molecule has 7 nitrogen and oxygen atoms in total. The van der Waals surface area contributed by atoms with Crippen LogP contribution >= 0.6 is 0 Å². The van der Waals surface area contributed by atoms with Gasteiger partial charge in [-0.2, -0.15) is 0 Å². The number of hydrogen-bond acceptors (Lipinski definition) is 4. The Labute approximate surface area is 170 Å². The van der Waals surface area contributed by atoms with Crippen LogP contribution in [0.15, 0.2) is 24.3 Å². The number of para-hydroxylation sites is 1. The highest BCUT2D eigenvalue weighted by molar-refractivity contribution is 5.98. The molecule has 1 spiro atoms. The number of carbonyl (C=O) groups excluding carboxylic acids is 3. The van der Waals surface area contributed by atoms with Crippen molar-refractivity contribution in [3.05, 3.63) is 29.8 Å². The minimum atomic E-state index is -0.682. The maximum Gasteiger partial charge on any atom is 0.258 e. The lowest BCUT2D eigenvalue weighted by Crippen LogP contribution is -2.67. The minimum absolute atomic E-state index is 0.0130. The highest BCUT2D eigenvalue weighted by Gasteiger charge is 2.57. The van der Waals surface area contributed by atoms with Crippen molar-refractivity contribution in [2.75, 3.05) is 26.2 Å². The van der Waals surface area contributed by atoms with E-state index in [9.17, 15) is 14.4 Å². The molecule has 4 fully saturated rings. The summed E-state index contributed by atoms with van der Waals surface area (Å²) in [6, 6.07) is 7.37. The summed E-state index contributed by atoms with van der Waals surface area (Å²) < 4.78 is 6.38. The lowest BCUT2D eigenvalue weighted by molar-refractivity contribution is -0.158. The van der Waals surface area contributed by atoms with Crippen LogP contribution < -0.4 is 10.1 Å². The molecule has 3 amide bonds. The fraction of sp³-hybridized carbons (Fsp3) is 0.591. The average Bonchev–Trinajstić information content (AvgIpc) is 2.73. The van der Waals surface area contributed by atoms with Crippen LogP contribution in [0, 0.1) is 17.8 Å². The summed E-state index contributed by atoms with van der Waals surface area (Å²) in [5.74, 6) is 1.18. The summed E-state index contributed by atoms with van der Waals surface area (Å²) in [6.45, 7) is 4.02. The molecule has 0 unspecified atom stereocenters. The van der Waals surface area contributed by atoms with Gasteiger partial charge in [-0.25, -0.2) is 0 Å². The van der Waals surface area contributed by atoms with E-state index in [4.69, 9.17) is 4.74 Å². The third-order valence-corrected chi connectivity index (χ3v) is 7.32. The highest BCUT2D eigenvalue weighted by Crippen LogP contribution is 2.52. The van der Waals surface area contributed by atoms with Crippen LogP contribution in [0.3, 0.4) is 0 Å². The number of fused-ring (bicyclic) bond motifs is 3. The molecule has 5 aliphatic rings. The molecule has 1 saturated heterocycles. The molecule has 4 atom stereocenters. The van der Waals surface area contributed by atoms with Gasteiger partial charge in [-0.3, -0.25) is 14.4 Å². The van der Waals surface area contributed by atoms with Crippen molar-refractivity contribution in [3.63, 3.8) is 0 Å². The molecule has 2 heterocycles. The first-order valence-corrected chi connectivity index (χ1v) is 10.6. The van der Waals surface area contributed by atoms with Gasteiger partial charge in [-0.15, -0.1) is 0 Å². The number of benzene rings is 1. The number of rotatable bonds is 1. The molecule has 0 radical (unpaired) electrons. The lowest BCUT2D eigenvalue weighted by atomic mass is 9.59. The quantitative estimate of drug-likeness (QED) is 0.781. The van der Waals surface area contributed by atoms with Crippen molar-refractivity contribution in [3.8, 4) is 5.75 Å². The number of ether oxygens (including phenoxy) is 1.